The van der Waals surface area contributed by atoms with Gasteiger partial charge in [-0.2, -0.15) is 0 Å². The van der Waals surface area contributed by atoms with Gasteiger partial charge in [-0.25, -0.2) is 9.97 Å². The molecule has 1 heterocycles. The van der Waals surface area contributed by atoms with Gasteiger partial charge in [0.05, 0.1) is 0 Å². The zero-order chi connectivity index (χ0) is 16.3. The predicted molar refractivity (Wildman–Crippen MR) is 89.4 cm³/mol. The quantitative estimate of drug-likeness (QED) is 0.907. The van der Waals surface area contributed by atoms with E-state index in [0.29, 0.717) is 17.3 Å². The Morgan fingerprint density at radius 3 is 2.50 bits per heavy atom. The molecule has 0 unspecified atom stereocenters. The van der Waals surface area contributed by atoms with Crippen molar-refractivity contribution in [2.45, 2.75) is 40.7 Å². The largest absolute Gasteiger partial charge is 0.368 e. The van der Waals surface area contributed by atoms with Crippen LogP contribution in [0.4, 0.5) is 11.5 Å². The van der Waals surface area contributed by atoms with Crippen LogP contribution in [-0.2, 0) is 0 Å². The maximum atomic E-state index is 12.4. The third kappa shape index (κ3) is 4.04. The van der Waals surface area contributed by atoms with Gasteiger partial charge in [0.25, 0.3) is 5.91 Å². The Morgan fingerprint density at radius 1 is 1.09 bits per heavy atom. The van der Waals surface area contributed by atoms with Crippen LogP contribution in [0.1, 0.15) is 41.3 Å². The number of carbonyl (C=O) groups is 1. The SMILES string of the molecule is Cc1ccc(C)c(NC(=O)c2cc(NC(C)C)nc(C)n2)c1. The second-order valence-electron chi connectivity index (χ2n) is 5.76. The molecule has 0 aliphatic carbocycles. The van der Waals surface area contributed by atoms with E-state index < -0.39 is 0 Å². The minimum absolute atomic E-state index is 0.231. The summed E-state index contributed by atoms with van der Waals surface area (Å²) in [5.74, 6) is 0.997. The van der Waals surface area contributed by atoms with Gasteiger partial charge < -0.3 is 10.6 Å². The normalized spacial score (nSPS) is 10.6. The van der Waals surface area contributed by atoms with Gasteiger partial charge in [0.2, 0.25) is 0 Å². The number of nitrogens with zero attached hydrogens (tertiary/aromatic N) is 2. The summed E-state index contributed by atoms with van der Waals surface area (Å²) in [6, 6.07) is 7.87. The third-order valence-electron chi connectivity index (χ3n) is 3.15. The van der Waals surface area contributed by atoms with Crippen molar-refractivity contribution >= 4 is 17.4 Å². The number of hydrogen-bond acceptors (Lipinski definition) is 4. The summed E-state index contributed by atoms with van der Waals surface area (Å²) in [5.41, 5.74) is 3.28. The lowest BCUT2D eigenvalue weighted by Gasteiger charge is -2.12. The number of aryl methyl sites for hydroxylation is 3. The lowest BCUT2D eigenvalue weighted by molar-refractivity contribution is 0.102. The van der Waals surface area contributed by atoms with Gasteiger partial charge in [0.1, 0.15) is 17.3 Å². The van der Waals surface area contributed by atoms with Crippen molar-refractivity contribution in [2.75, 3.05) is 10.6 Å². The summed E-state index contributed by atoms with van der Waals surface area (Å²) < 4.78 is 0. The molecule has 1 aromatic heterocycles. The smallest absolute Gasteiger partial charge is 0.274 e. The van der Waals surface area contributed by atoms with Crippen molar-refractivity contribution in [3.8, 4) is 0 Å². The van der Waals surface area contributed by atoms with E-state index in [0.717, 1.165) is 16.8 Å². The molecule has 22 heavy (non-hydrogen) atoms. The molecule has 0 saturated carbocycles. The number of amides is 1. The van der Waals surface area contributed by atoms with E-state index in [2.05, 4.69) is 20.6 Å². The molecular weight excluding hydrogens is 276 g/mol. The highest BCUT2D eigenvalue weighted by atomic mass is 16.1. The first-order chi connectivity index (χ1) is 10.3. The Kier molecular flexibility index (Phi) is 4.75. The van der Waals surface area contributed by atoms with Crippen LogP contribution >= 0.6 is 0 Å². The van der Waals surface area contributed by atoms with Crippen molar-refractivity contribution < 1.29 is 4.79 Å². The van der Waals surface area contributed by atoms with Crippen LogP contribution in [0.2, 0.25) is 0 Å². The molecule has 0 fully saturated rings. The second-order valence-corrected chi connectivity index (χ2v) is 5.76. The molecule has 0 radical (unpaired) electrons. The number of aromatic nitrogens is 2. The van der Waals surface area contributed by atoms with E-state index in [1.54, 1.807) is 13.0 Å². The number of rotatable bonds is 4. The highest BCUT2D eigenvalue weighted by Crippen LogP contribution is 2.18. The number of hydrogen-bond donors (Lipinski definition) is 2. The van der Waals surface area contributed by atoms with E-state index in [-0.39, 0.29) is 11.9 Å². The molecule has 2 N–H and O–H groups in total. The summed E-state index contributed by atoms with van der Waals surface area (Å²) in [5, 5.41) is 6.11. The highest BCUT2D eigenvalue weighted by molar-refractivity contribution is 6.03. The second kappa shape index (κ2) is 6.56. The lowest BCUT2D eigenvalue weighted by atomic mass is 10.1. The first kappa shape index (κ1) is 15.9. The highest BCUT2D eigenvalue weighted by Gasteiger charge is 2.12. The topological polar surface area (TPSA) is 66.9 Å². The number of nitrogens with one attached hydrogen (secondary N) is 2. The van der Waals surface area contributed by atoms with Gasteiger partial charge in [-0.05, 0) is 51.8 Å². The first-order valence-corrected chi connectivity index (χ1v) is 7.36. The van der Waals surface area contributed by atoms with E-state index in [1.165, 1.54) is 0 Å². The van der Waals surface area contributed by atoms with Crippen molar-refractivity contribution in [3.63, 3.8) is 0 Å². The van der Waals surface area contributed by atoms with Crippen molar-refractivity contribution in [2.24, 2.45) is 0 Å². The van der Waals surface area contributed by atoms with Crippen molar-refractivity contribution in [3.05, 3.63) is 46.9 Å². The molecular formula is C17H22N4O. The molecule has 5 heteroatoms. The van der Waals surface area contributed by atoms with Gasteiger partial charge in [-0.3, -0.25) is 4.79 Å². The average Bonchev–Trinajstić information content (AvgIpc) is 2.41. The van der Waals surface area contributed by atoms with Crippen LogP contribution in [0, 0.1) is 20.8 Å². The van der Waals surface area contributed by atoms with Gasteiger partial charge in [0.15, 0.2) is 0 Å². The van der Waals surface area contributed by atoms with E-state index in [1.807, 2.05) is 45.9 Å². The fourth-order valence-electron chi connectivity index (χ4n) is 2.11. The molecule has 0 saturated heterocycles. The van der Waals surface area contributed by atoms with Gasteiger partial charge >= 0.3 is 0 Å². The lowest BCUT2D eigenvalue weighted by Crippen LogP contribution is -2.18. The van der Waals surface area contributed by atoms with E-state index in [9.17, 15) is 4.79 Å². The summed E-state index contributed by atoms with van der Waals surface area (Å²) >= 11 is 0. The average molecular weight is 298 g/mol. The van der Waals surface area contributed by atoms with Gasteiger partial charge in [0, 0.05) is 17.8 Å². The van der Waals surface area contributed by atoms with Crippen LogP contribution in [-0.4, -0.2) is 21.9 Å². The monoisotopic (exact) mass is 298 g/mol. The van der Waals surface area contributed by atoms with Crippen molar-refractivity contribution in [1.29, 1.82) is 0 Å². The third-order valence-corrected chi connectivity index (χ3v) is 3.15. The molecule has 5 nitrogen and oxygen atoms in total. The maximum absolute atomic E-state index is 12.4. The molecule has 0 spiro atoms. The zero-order valence-electron chi connectivity index (χ0n) is 13.7. The Morgan fingerprint density at radius 2 is 1.82 bits per heavy atom. The summed E-state index contributed by atoms with van der Waals surface area (Å²) in [6.07, 6.45) is 0. The predicted octanol–water partition coefficient (Wildman–Crippen LogP) is 3.47. The zero-order valence-corrected chi connectivity index (χ0v) is 13.7. The maximum Gasteiger partial charge on any atom is 0.274 e. The molecule has 0 atom stereocenters. The molecule has 1 aromatic carbocycles. The standard InChI is InChI=1S/C17H22N4O/c1-10(2)18-16-9-15(19-13(5)20-16)17(22)21-14-8-11(3)6-7-12(14)4/h6-10H,1-5H3,(H,21,22)(H,18,19,20). The van der Waals surface area contributed by atoms with E-state index >= 15 is 0 Å². The van der Waals surface area contributed by atoms with Crippen LogP contribution in [0.25, 0.3) is 0 Å². The molecule has 0 aliphatic rings. The minimum atomic E-state index is -0.231. The van der Waals surface area contributed by atoms with Crippen LogP contribution < -0.4 is 10.6 Å². The Balaban J connectivity index is 2.25. The van der Waals surface area contributed by atoms with Crippen molar-refractivity contribution in [1.82, 2.24) is 9.97 Å². The van der Waals surface area contributed by atoms with Gasteiger partial charge in [-0.15, -0.1) is 0 Å². The van der Waals surface area contributed by atoms with Gasteiger partial charge in [-0.1, -0.05) is 12.1 Å². The Labute approximate surface area is 131 Å². The summed E-state index contributed by atoms with van der Waals surface area (Å²) in [6.45, 7) is 9.78. The molecule has 0 bridgehead atoms. The number of benzene rings is 1. The Hall–Kier alpha value is -2.43. The fraction of sp³-hybridized carbons (Fsp3) is 0.353. The molecule has 2 aromatic rings. The molecule has 0 aliphatic heterocycles. The number of anilines is 2. The Bertz CT molecular complexity index is 695. The van der Waals surface area contributed by atoms with E-state index in [4.69, 9.17) is 0 Å². The molecule has 2 rings (SSSR count). The van der Waals surface area contributed by atoms with Crippen LogP contribution in [0.5, 0.6) is 0 Å². The number of carbonyl (C=O) groups excluding carboxylic acids is 1. The molecule has 1 amide bonds. The summed E-state index contributed by atoms with van der Waals surface area (Å²) in [7, 11) is 0. The fourth-order valence-corrected chi connectivity index (χ4v) is 2.11. The minimum Gasteiger partial charge on any atom is -0.368 e. The van der Waals surface area contributed by atoms with Crippen LogP contribution in [0.15, 0.2) is 24.3 Å². The summed E-state index contributed by atoms with van der Waals surface area (Å²) in [4.78, 5) is 21.0. The molecule has 116 valence electrons. The van der Waals surface area contributed by atoms with Crippen LogP contribution in [0.3, 0.4) is 0 Å². The first-order valence-electron chi connectivity index (χ1n) is 7.36.